The van der Waals surface area contributed by atoms with Gasteiger partial charge < -0.3 is 10.2 Å². The Balaban J connectivity index is 2.26. The summed E-state index contributed by atoms with van der Waals surface area (Å²) in [5.74, 6) is 0.194. The Labute approximate surface area is 115 Å². The minimum absolute atomic E-state index is 0.0759. The first-order valence-corrected chi connectivity index (χ1v) is 6.86. The molecule has 2 rings (SSSR count). The van der Waals surface area contributed by atoms with Crippen molar-refractivity contribution in [2.24, 2.45) is 0 Å². The van der Waals surface area contributed by atoms with Gasteiger partial charge >= 0.3 is 0 Å². The molecule has 1 amide bonds. The minimum atomic E-state index is -0.0759. The molecule has 1 aromatic rings. The Bertz CT molecular complexity index is 447. The third-order valence-corrected chi connectivity index (χ3v) is 3.69. The van der Waals surface area contributed by atoms with E-state index in [0.717, 1.165) is 25.2 Å². The molecule has 1 atom stereocenters. The van der Waals surface area contributed by atoms with Gasteiger partial charge in [0, 0.05) is 25.3 Å². The van der Waals surface area contributed by atoms with E-state index in [4.69, 9.17) is 0 Å². The van der Waals surface area contributed by atoms with Gasteiger partial charge in [-0.25, -0.2) is 0 Å². The SMILES string of the molecule is CNCC1C(=O)N(c2cccc(C)c2)CCCN1C. The molecule has 1 aromatic carbocycles. The molecular weight excluding hydrogens is 238 g/mol. The number of anilines is 1. The van der Waals surface area contributed by atoms with Crippen LogP contribution in [0.5, 0.6) is 0 Å². The van der Waals surface area contributed by atoms with E-state index in [2.05, 4.69) is 29.3 Å². The molecule has 0 radical (unpaired) electrons. The lowest BCUT2D eigenvalue weighted by Gasteiger charge is -2.28. The van der Waals surface area contributed by atoms with Gasteiger partial charge in [-0.05, 0) is 45.1 Å². The van der Waals surface area contributed by atoms with E-state index in [9.17, 15) is 4.79 Å². The van der Waals surface area contributed by atoms with E-state index in [0.29, 0.717) is 6.54 Å². The zero-order chi connectivity index (χ0) is 13.8. The second-order valence-corrected chi connectivity index (χ2v) is 5.24. The Morgan fingerprint density at radius 2 is 2.16 bits per heavy atom. The molecule has 0 aliphatic carbocycles. The van der Waals surface area contributed by atoms with Gasteiger partial charge in [-0.15, -0.1) is 0 Å². The van der Waals surface area contributed by atoms with Crippen molar-refractivity contribution in [2.75, 3.05) is 38.6 Å². The summed E-state index contributed by atoms with van der Waals surface area (Å²) in [5, 5.41) is 3.12. The normalized spacial score (nSPS) is 21.5. The van der Waals surface area contributed by atoms with Gasteiger partial charge in [0.05, 0.1) is 0 Å². The topological polar surface area (TPSA) is 35.6 Å². The molecule has 1 saturated heterocycles. The Morgan fingerprint density at radius 1 is 1.37 bits per heavy atom. The molecule has 104 valence electrons. The molecule has 0 bridgehead atoms. The average Bonchev–Trinajstić information content (AvgIpc) is 2.52. The van der Waals surface area contributed by atoms with Crippen molar-refractivity contribution in [1.82, 2.24) is 10.2 Å². The van der Waals surface area contributed by atoms with Crippen LogP contribution in [0.1, 0.15) is 12.0 Å². The Morgan fingerprint density at radius 3 is 2.84 bits per heavy atom. The number of benzene rings is 1. The number of hydrogen-bond donors (Lipinski definition) is 1. The summed E-state index contributed by atoms with van der Waals surface area (Å²) in [6.45, 7) is 4.51. The molecule has 4 heteroatoms. The van der Waals surface area contributed by atoms with Gasteiger partial charge in [-0.3, -0.25) is 9.69 Å². The zero-order valence-corrected chi connectivity index (χ0v) is 12.0. The van der Waals surface area contributed by atoms with Crippen LogP contribution in [0.2, 0.25) is 0 Å². The van der Waals surface area contributed by atoms with Crippen LogP contribution >= 0.6 is 0 Å². The van der Waals surface area contributed by atoms with E-state index in [-0.39, 0.29) is 11.9 Å². The van der Waals surface area contributed by atoms with E-state index in [1.54, 1.807) is 0 Å². The van der Waals surface area contributed by atoms with Crippen molar-refractivity contribution >= 4 is 11.6 Å². The van der Waals surface area contributed by atoms with Crippen molar-refractivity contribution in [1.29, 1.82) is 0 Å². The highest BCUT2D eigenvalue weighted by Gasteiger charge is 2.30. The molecule has 1 N–H and O–H groups in total. The third-order valence-electron chi connectivity index (χ3n) is 3.69. The van der Waals surface area contributed by atoms with Crippen LogP contribution in [0.3, 0.4) is 0 Å². The first-order valence-electron chi connectivity index (χ1n) is 6.86. The number of likely N-dealkylation sites (N-methyl/N-ethyl adjacent to an activating group) is 2. The predicted molar refractivity (Wildman–Crippen MR) is 78.5 cm³/mol. The van der Waals surface area contributed by atoms with Crippen molar-refractivity contribution in [2.45, 2.75) is 19.4 Å². The molecule has 4 nitrogen and oxygen atoms in total. The molecule has 0 aromatic heterocycles. The molecule has 1 fully saturated rings. The van der Waals surface area contributed by atoms with Gasteiger partial charge in [-0.1, -0.05) is 12.1 Å². The first-order chi connectivity index (χ1) is 9.13. The summed E-state index contributed by atoms with van der Waals surface area (Å²) in [7, 11) is 3.92. The van der Waals surface area contributed by atoms with Crippen molar-refractivity contribution in [3.8, 4) is 0 Å². The Kier molecular flexibility index (Phi) is 4.56. The number of amides is 1. The van der Waals surface area contributed by atoms with Crippen molar-refractivity contribution in [3.05, 3.63) is 29.8 Å². The van der Waals surface area contributed by atoms with Crippen LogP contribution in [0, 0.1) is 6.92 Å². The highest BCUT2D eigenvalue weighted by Crippen LogP contribution is 2.20. The van der Waals surface area contributed by atoms with E-state index in [1.165, 1.54) is 5.56 Å². The molecule has 0 saturated carbocycles. The second kappa shape index (κ2) is 6.17. The van der Waals surface area contributed by atoms with Gasteiger partial charge in [0.2, 0.25) is 5.91 Å². The summed E-state index contributed by atoms with van der Waals surface area (Å²) in [4.78, 5) is 16.8. The maximum atomic E-state index is 12.7. The molecule has 1 unspecified atom stereocenters. The summed E-state index contributed by atoms with van der Waals surface area (Å²) in [6, 6.07) is 8.10. The Hall–Kier alpha value is -1.39. The lowest BCUT2D eigenvalue weighted by atomic mass is 10.1. The number of nitrogens with one attached hydrogen (secondary N) is 1. The fourth-order valence-corrected chi connectivity index (χ4v) is 2.60. The van der Waals surface area contributed by atoms with Crippen LogP contribution in [-0.4, -0.2) is 50.6 Å². The number of hydrogen-bond acceptors (Lipinski definition) is 3. The van der Waals surface area contributed by atoms with Gasteiger partial charge in [-0.2, -0.15) is 0 Å². The maximum Gasteiger partial charge on any atom is 0.245 e. The predicted octanol–water partition coefficient (Wildman–Crippen LogP) is 1.25. The number of carbonyl (C=O) groups is 1. The number of aryl methyl sites for hydroxylation is 1. The summed E-state index contributed by atoms with van der Waals surface area (Å²) >= 11 is 0. The van der Waals surface area contributed by atoms with Gasteiger partial charge in [0.25, 0.3) is 0 Å². The van der Waals surface area contributed by atoms with E-state index < -0.39 is 0 Å². The number of carbonyl (C=O) groups excluding carboxylic acids is 1. The molecule has 0 spiro atoms. The van der Waals surface area contributed by atoms with Crippen LogP contribution in [0.4, 0.5) is 5.69 Å². The van der Waals surface area contributed by atoms with Crippen molar-refractivity contribution < 1.29 is 4.79 Å². The highest BCUT2D eigenvalue weighted by atomic mass is 16.2. The zero-order valence-electron chi connectivity index (χ0n) is 12.0. The van der Waals surface area contributed by atoms with Gasteiger partial charge in [0.1, 0.15) is 6.04 Å². The molecular formula is C15H23N3O. The average molecular weight is 261 g/mol. The number of rotatable bonds is 3. The monoisotopic (exact) mass is 261 g/mol. The molecule has 1 heterocycles. The summed E-state index contributed by atoms with van der Waals surface area (Å²) < 4.78 is 0. The standard InChI is InChI=1S/C15H23N3O/c1-12-6-4-7-13(10-12)18-9-5-8-17(3)14(11-16-2)15(18)19/h4,6-7,10,14,16H,5,8-9,11H2,1-3H3. The molecule has 1 aliphatic rings. The number of nitrogens with zero attached hydrogens (tertiary/aromatic N) is 2. The van der Waals surface area contributed by atoms with E-state index >= 15 is 0 Å². The van der Waals surface area contributed by atoms with E-state index in [1.807, 2.05) is 31.1 Å². The molecule has 1 aliphatic heterocycles. The second-order valence-electron chi connectivity index (χ2n) is 5.24. The van der Waals surface area contributed by atoms with Crippen LogP contribution in [-0.2, 0) is 4.79 Å². The fraction of sp³-hybridized carbons (Fsp3) is 0.533. The lowest BCUT2D eigenvalue weighted by Crippen LogP contribution is -2.49. The third kappa shape index (κ3) is 3.14. The first kappa shape index (κ1) is 14.0. The van der Waals surface area contributed by atoms with Crippen molar-refractivity contribution in [3.63, 3.8) is 0 Å². The smallest absolute Gasteiger partial charge is 0.245 e. The maximum absolute atomic E-state index is 12.7. The molecule has 19 heavy (non-hydrogen) atoms. The summed E-state index contributed by atoms with van der Waals surface area (Å²) in [5.41, 5.74) is 2.20. The van der Waals surface area contributed by atoms with Crippen LogP contribution in [0.25, 0.3) is 0 Å². The minimum Gasteiger partial charge on any atom is -0.318 e. The highest BCUT2D eigenvalue weighted by molar-refractivity contribution is 5.97. The lowest BCUT2D eigenvalue weighted by molar-refractivity contribution is -0.122. The largest absolute Gasteiger partial charge is 0.318 e. The van der Waals surface area contributed by atoms with Crippen LogP contribution < -0.4 is 10.2 Å². The summed E-state index contributed by atoms with van der Waals surface area (Å²) in [6.07, 6.45) is 1.01. The van der Waals surface area contributed by atoms with Gasteiger partial charge in [0.15, 0.2) is 0 Å². The quantitative estimate of drug-likeness (QED) is 0.889. The van der Waals surface area contributed by atoms with Crippen LogP contribution in [0.15, 0.2) is 24.3 Å². The fourth-order valence-electron chi connectivity index (χ4n) is 2.60.